The topological polar surface area (TPSA) is 50.4 Å². The van der Waals surface area contributed by atoms with Gasteiger partial charge in [-0.2, -0.15) is 0 Å². The lowest BCUT2D eigenvalue weighted by molar-refractivity contribution is -0.123. The largest absolute Gasteiger partial charge is 0.377 e. The van der Waals surface area contributed by atoms with Gasteiger partial charge in [-0.15, -0.1) is 0 Å². The average molecular weight is 256 g/mol. The van der Waals surface area contributed by atoms with Gasteiger partial charge in [0.1, 0.15) is 0 Å². The highest BCUT2D eigenvalue weighted by Crippen LogP contribution is 2.15. The van der Waals surface area contributed by atoms with E-state index < -0.39 is 0 Å². The van der Waals surface area contributed by atoms with Crippen molar-refractivity contribution in [3.05, 3.63) is 0 Å². The zero-order valence-electron chi connectivity index (χ0n) is 12.2. The Balaban J connectivity index is 2.29. The van der Waals surface area contributed by atoms with E-state index in [1.165, 1.54) is 0 Å². The van der Waals surface area contributed by atoms with Crippen molar-refractivity contribution in [3.63, 3.8) is 0 Å². The molecule has 0 spiro atoms. The quantitative estimate of drug-likeness (QED) is 0.731. The molecule has 0 radical (unpaired) electrons. The summed E-state index contributed by atoms with van der Waals surface area (Å²) >= 11 is 0. The van der Waals surface area contributed by atoms with E-state index in [1.807, 2.05) is 6.92 Å². The summed E-state index contributed by atoms with van der Waals surface area (Å²) in [6.45, 7) is 9.04. The number of hydrogen-bond donors (Lipinski definition) is 2. The average Bonchev–Trinajstić information content (AvgIpc) is 2.82. The van der Waals surface area contributed by atoms with Crippen LogP contribution in [-0.2, 0) is 9.53 Å². The van der Waals surface area contributed by atoms with Gasteiger partial charge in [-0.3, -0.25) is 4.79 Å². The molecule has 0 aromatic carbocycles. The predicted molar refractivity (Wildman–Crippen MR) is 73.5 cm³/mol. The molecule has 106 valence electrons. The highest BCUT2D eigenvalue weighted by atomic mass is 16.5. The van der Waals surface area contributed by atoms with E-state index in [2.05, 4.69) is 31.4 Å². The number of carbonyl (C=O) groups excluding carboxylic acids is 1. The zero-order valence-corrected chi connectivity index (χ0v) is 12.2. The van der Waals surface area contributed by atoms with Gasteiger partial charge in [0.15, 0.2) is 0 Å². The molecular formula is C14H28N2O2. The second-order valence-corrected chi connectivity index (χ2v) is 5.43. The predicted octanol–water partition coefficient (Wildman–Crippen LogP) is 1.84. The summed E-state index contributed by atoms with van der Waals surface area (Å²) in [5.41, 5.74) is 0. The highest BCUT2D eigenvalue weighted by molar-refractivity contribution is 5.81. The van der Waals surface area contributed by atoms with Gasteiger partial charge in [0, 0.05) is 18.7 Å². The van der Waals surface area contributed by atoms with Crippen LogP contribution in [0.5, 0.6) is 0 Å². The number of amides is 1. The third-order valence-electron chi connectivity index (χ3n) is 3.54. The van der Waals surface area contributed by atoms with E-state index in [-0.39, 0.29) is 30.1 Å². The molecule has 1 amide bonds. The second-order valence-electron chi connectivity index (χ2n) is 5.43. The minimum absolute atomic E-state index is 0.0841. The smallest absolute Gasteiger partial charge is 0.237 e. The summed E-state index contributed by atoms with van der Waals surface area (Å²) in [4.78, 5) is 12.0. The molecule has 1 saturated heterocycles. The number of ether oxygens (including phenoxy) is 1. The fraction of sp³-hybridized carbons (Fsp3) is 0.929. The normalized spacial score (nSPS) is 24.6. The first-order valence-electron chi connectivity index (χ1n) is 7.22. The van der Waals surface area contributed by atoms with Crippen molar-refractivity contribution in [2.24, 2.45) is 0 Å². The molecule has 4 atom stereocenters. The molecule has 4 unspecified atom stereocenters. The van der Waals surface area contributed by atoms with Crippen molar-refractivity contribution in [1.82, 2.24) is 10.6 Å². The van der Waals surface area contributed by atoms with Gasteiger partial charge in [0.25, 0.3) is 0 Å². The number of carbonyl (C=O) groups is 1. The van der Waals surface area contributed by atoms with Gasteiger partial charge >= 0.3 is 0 Å². The number of rotatable bonds is 7. The van der Waals surface area contributed by atoms with Crippen LogP contribution in [0.1, 0.15) is 53.4 Å². The maximum Gasteiger partial charge on any atom is 0.237 e. The van der Waals surface area contributed by atoms with Gasteiger partial charge in [-0.05, 0) is 40.0 Å². The highest BCUT2D eigenvalue weighted by Gasteiger charge is 2.25. The molecule has 0 aliphatic carbocycles. The summed E-state index contributed by atoms with van der Waals surface area (Å²) in [6, 6.07) is 0.322. The van der Waals surface area contributed by atoms with Crippen LogP contribution in [0, 0.1) is 0 Å². The van der Waals surface area contributed by atoms with E-state index >= 15 is 0 Å². The fourth-order valence-electron chi connectivity index (χ4n) is 2.45. The fourth-order valence-corrected chi connectivity index (χ4v) is 2.45. The van der Waals surface area contributed by atoms with Crippen molar-refractivity contribution in [1.29, 1.82) is 0 Å². The first-order valence-corrected chi connectivity index (χ1v) is 7.22. The van der Waals surface area contributed by atoms with Crippen LogP contribution >= 0.6 is 0 Å². The van der Waals surface area contributed by atoms with Gasteiger partial charge in [0.05, 0.1) is 12.1 Å². The molecule has 18 heavy (non-hydrogen) atoms. The SMILES string of the molecule is CCCC(C)NC(=O)C(C)NC(C)C1CCCO1. The minimum Gasteiger partial charge on any atom is -0.377 e. The molecule has 0 aromatic heterocycles. The van der Waals surface area contributed by atoms with E-state index in [0.717, 1.165) is 32.3 Å². The Kier molecular flexibility index (Phi) is 6.65. The van der Waals surface area contributed by atoms with Crippen LogP contribution < -0.4 is 10.6 Å². The maximum absolute atomic E-state index is 12.0. The molecular weight excluding hydrogens is 228 g/mol. The van der Waals surface area contributed by atoms with Gasteiger partial charge in [0.2, 0.25) is 5.91 Å². The minimum atomic E-state index is -0.163. The standard InChI is InChI=1S/C14H28N2O2/c1-5-7-10(2)15-14(17)12(4)16-11(3)13-8-6-9-18-13/h10-13,16H,5-9H2,1-4H3,(H,15,17). The van der Waals surface area contributed by atoms with Crippen LogP contribution in [0.25, 0.3) is 0 Å². The molecule has 4 heteroatoms. The molecule has 1 aliphatic heterocycles. The van der Waals surface area contributed by atoms with Gasteiger partial charge in [-0.25, -0.2) is 0 Å². The zero-order chi connectivity index (χ0) is 13.5. The van der Waals surface area contributed by atoms with Gasteiger partial charge in [-0.1, -0.05) is 13.3 Å². The van der Waals surface area contributed by atoms with Crippen molar-refractivity contribution in [2.45, 2.75) is 77.6 Å². The summed E-state index contributed by atoms with van der Waals surface area (Å²) in [5, 5.41) is 6.37. The summed E-state index contributed by atoms with van der Waals surface area (Å²) < 4.78 is 5.62. The van der Waals surface area contributed by atoms with Crippen LogP contribution in [0.2, 0.25) is 0 Å². The lowest BCUT2D eigenvalue weighted by Crippen LogP contribution is -2.50. The molecule has 0 saturated carbocycles. The van der Waals surface area contributed by atoms with E-state index in [4.69, 9.17) is 4.74 Å². The molecule has 1 heterocycles. The van der Waals surface area contributed by atoms with Crippen molar-refractivity contribution in [3.8, 4) is 0 Å². The number of hydrogen-bond acceptors (Lipinski definition) is 3. The van der Waals surface area contributed by atoms with Crippen molar-refractivity contribution >= 4 is 5.91 Å². The van der Waals surface area contributed by atoms with E-state index in [1.54, 1.807) is 0 Å². The Bertz CT molecular complexity index is 252. The lowest BCUT2D eigenvalue weighted by atomic mass is 10.1. The second kappa shape index (κ2) is 7.74. The Morgan fingerprint density at radius 2 is 2.11 bits per heavy atom. The monoisotopic (exact) mass is 256 g/mol. The molecule has 4 nitrogen and oxygen atoms in total. The first-order chi connectivity index (χ1) is 8.54. The number of nitrogens with one attached hydrogen (secondary N) is 2. The Labute approximate surface area is 111 Å². The Hall–Kier alpha value is -0.610. The molecule has 1 rings (SSSR count). The Morgan fingerprint density at radius 3 is 2.67 bits per heavy atom. The van der Waals surface area contributed by atoms with Crippen molar-refractivity contribution < 1.29 is 9.53 Å². The molecule has 1 aliphatic rings. The van der Waals surface area contributed by atoms with Crippen LogP contribution in [-0.4, -0.2) is 36.7 Å². The van der Waals surface area contributed by atoms with Crippen molar-refractivity contribution in [2.75, 3.05) is 6.61 Å². The molecule has 0 bridgehead atoms. The molecule has 0 aromatic rings. The lowest BCUT2D eigenvalue weighted by Gasteiger charge is -2.25. The summed E-state index contributed by atoms with van der Waals surface area (Å²) in [7, 11) is 0. The summed E-state index contributed by atoms with van der Waals surface area (Å²) in [5.74, 6) is 0.0841. The van der Waals surface area contributed by atoms with Gasteiger partial charge < -0.3 is 15.4 Å². The maximum atomic E-state index is 12.0. The molecule has 2 N–H and O–H groups in total. The Morgan fingerprint density at radius 1 is 1.39 bits per heavy atom. The summed E-state index contributed by atoms with van der Waals surface area (Å²) in [6.07, 6.45) is 4.60. The third-order valence-corrected chi connectivity index (χ3v) is 3.54. The first kappa shape index (κ1) is 15.4. The van der Waals surface area contributed by atoms with Crippen LogP contribution in [0.15, 0.2) is 0 Å². The van der Waals surface area contributed by atoms with Crippen LogP contribution in [0.4, 0.5) is 0 Å². The van der Waals surface area contributed by atoms with E-state index in [9.17, 15) is 4.79 Å². The third kappa shape index (κ3) is 4.94. The van der Waals surface area contributed by atoms with E-state index in [0.29, 0.717) is 0 Å². The van der Waals surface area contributed by atoms with Crippen LogP contribution in [0.3, 0.4) is 0 Å². The molecule has 1 fully saturated rings.